The van der Waals surface area contributed by atoms with Crippen molar-refractivity contribution in [2.24, 2.45) is 0 Å². The third kappa shape index (κ3) is 9.14. The molecule has 4 nitrogen and oxygen atoms in total. The number of hydrogen-bond donors (Lipinski definition) is 1. The van der Waals surface area contributed by atoms with E-state index in [2.05, 4.69) is 5.32 Å². The van der Waals surface area contributed by atoms with E-state index >= 15 is 0 Å². The number of carbonyl (C=O) groups excluding carboxylic acids is 1. The van der Waals surface area contributed by atoms with Crippen LogP contribution in [0.1, 0.15) is 20.8 Å². The van der Waals surface area contributed by atoms with Crippen LogP contribution in [0.15, 0.2) is 0 Å². The van der Waals surface area contributed by atoms with E-state index in [1.165, 1.54) is 0 Å². The van der Waals surface area contributed by atoms with Crippen LogP contribution >= 0.6 is 0 Å². The molecule has 0 bridgehead atoms. The smallest absolute Gasteiger partial charge is 0.407 e. The summed E-state index contributed by atoms with van der Waals surface area (Å²) in [6, 6.07) is 0. The minimum Gasteiger partial charge on any atom is -0.444 e. The van der Waals surface area contributed by atoms with Crippen LogP contribution in [0.3, 0.4) is 0 Å². The van der Waals surface area contributed by atoms with Gasteiger partial charge in [0.25, 0.3) is 0 Å². The average Bonchev–Trinajstić information content (AvgIpc) is 1.81. The molecule has 0 aromatic carbocycles. The zero-order valence-electron chi connectivity index (χ0n) is 9.18. The molecule has 0 saturated carbocycles. The molecule has 0 atom stereocenters. The molecular formula is C9H20N2O2. The zero-order valence-corrected chi connectivity index (χ0v) is 9.18. The fourth-order valence-corrected chi connectivity index (χ4v) is 0.696. The summed E-state index contributed by atoms with van der Waals surface area (Å²) >= 11 is 0. The standard InChI is InChI=1S/C9H20N2O2/c1-9(2,3)13-8(12)10-6-7-11(4)5/h6-7H2,1-5H3,(H,10,12). The lowest BCUT2D eigenvalue weighted by Gasteiger charge is -2.20. The van der Waals surface area contributed by atoms with Gasteiger partial charge in [-0.3, -0.25) is 0 Å². The van der Waals surface area contributed by atoms with Crippen molar-refractivity contribution in [3.05, 3.63) is 0 Å². The van der Waals surface area contributed by atoms with Crippen LogP contribution in [0.5, 0.6) is 0 Å². The fourth-order valence-electron chi connectivity index (χ4n) is 0.696. The van der Waals surface area contributed by atoms with Crippen LogP contribution in [0.2, 0.25) is 0 Å². The van der Waals surface area contributed by atoms with E-state index in [0.29, 0.717) is 6.54 Å². The molecule has 0 heterocycles. The predicted molar refractivity (Wildman–Crippen MR) is 52.8 cm³/mol. The maximum atomic E-state index is 11.1. The Balaban J connectivity index is 3.53. The molecule has 0 saturated heterocycles. The monoisotopic (exact) mass is 188 g/mol. The highest BCUT2D eigenvalue weighted by molar-refractivity contribution is 5.67. The van der Waals surface area contributed by atoms with E-state index < -0.39 is 5.60 Å². The first-order valence-corrected chi connectivity index (χ1v) is 4.43. The molecule has 0 aromatic rings. The van der Waals surface area contributed by atoms with Crippen molar-refractivity contribution < 1.29 is 9.53 Å². The molecule has 0 aliphatic carbocycles. The highest BCUT2D eigenvalue weighted by Gasteiger charge is 2.15. The molecule has 0 unspecified atom stereocenters. The Hall–Kier alpha value is -0.770. The van der Waals surface area contributed by atoms with Gasteiger partial charge in [-0.2, -0.15) is 0 Å². The van der Waals surface area contributed by atoms with Gasteiger partial charge in [0.05, 0.1) is 0 Å². The summed E-state index contributed by atoms with van der Waals surface area (Å²) in [4.78, 5) is 13.1. The maximum Gasteiger partial charge on any atom is 0.407 e. The highest BCUT2D eigenvalue weighted by Crippen LogP contribution is 2.05. The number of likely N-dealkylation sites (N-methyl/N-ethyl adjacent to an activating group) is 1. The van der Waals surface area contributed by atoms with Gasteiger partial charge in [0.15, 0.2) is 0 Å². The van der Waals surface area contributed by atoms with Crippen molar-refractivity contribution in [1.82, 2.24) is 10.2 Å². The minimum atomic E-state index is -0.414. The van der Waals surface area contributed by atoms with E-state index in [1.807, 2.05) is 39.8 Å². The molecule has 0 radical (unpaired) electrons. The Morgan fingerprint density at radius 3 is 2.31 bits per heavy atom. The number of nitrogens with one attached hydrogen (secondary N) is 1. The summed E-state index contributed by atoms with van der Waals surface area (Å²) in [5.41, 5.74) is -0.414. The molecular weight excluding hydrogens is 168 g/mol. The van der Waals surface area contributed by atoms with Crippen LogP contribution in [-0.2, 0) is 4.74 Å². The summed E-state index contributed by atoms with van der Waals surface area (Å²) in [5, 5.41) is 2.67. The molecule has 1 amide bonds. The lowest BCUT2D eigenvalue weighted by molar-refractivity contribution is 0.0525. The number of hydrogen-bond acceptors (Lipinski definition) is 3. The maximum absolute atomic E-state index is 11.1. The van der Waals surface area contributed by atoms with Gasteiger partial charge in [0.1, 0.15) is 5.60 Å². The quantitative estimate of drug-likeness (QED) is 0.720. The second-order valence-corrected chi connectivity index (χ2v) is 4.23. The Kier molecular flexibility index (Phi) is 4.77. The molecule has 4 heteroatoms. The second-order valence-electron chi connectivity index (χ2n) is 4.23. The largest absolute Gasteiger partial charge is 0.444 e. The number of amides is 1. The molecule has 0 rings (SSSR count). The molecule has 0 spiro atoms. The molecule has 0 aliphatic rings. The van der Waals surface area contributed by atoms with E-state index in [1.54, 1.807) is 0 Å². The van der Waals surface area contributed by atoms with Gasteiger partial charge in [0, 0.05) is 13.1 Å². The lowest BCUT2D eigenvalue weighted by atomic mass is 10.2. The SMILES string of the molecule is CN(C)CCNC(=O)OC(C)(C)C. The molecule has 0 fully saturated rings. The van der Waals surface area contributed by atoms with Crippen molar-refractivity contribution in [3.8, 4) is 0 Å². The number of ether oxygens (including phenoxy) is 1. The van der Waals surface area contributed by atoms with E-state index in [4.69, 9.17) is 4.74 Å². The van der Waals surface area contributed by atoms with Gasteiger partial charge in [-0.1, -0.05) is 0 Å². The summed E-state index contributed by atoms with van der Waals surface area (Å²) in [6.07, 6.45) is -0.352. The molecule has 0 aliphatic heterocycles. The van der Waals surface area contributed by atoms with Gasteiger partial charge >= 0.3 is 6.09 Å². The van der Waals surface area contributed by atoms with E-state index in [0.717, 1.165) is 6.54 Å². The fraction of sp³-hybridized carbons (Fsp3) is 0.889. The number of carbonyl (C=O) groups is 1. The first-order chi connectivity index (χ1) is 5.81. The Morgan fingerprint density at radius 1 is 1.38 bits per heavy atom. The van der Waals surface area contributed by atoms with Crippen LogP contribution in [-0.4, -0.2) is 43.8 Å². The molecule has 78 valence electrons. The second kappa shape index (κ2) is 5.07. The highest BCUT2D eigenvalue weighted by atomic mass is 16.6. The molecule has 1 N–H and O–H groups in total. The van der Waals surface area contributed by atoms with Gasteiger partial charge in [-0.05, 0) is 34.9 Å². The summed E-state index contributed by atoms with van der Waals surface area (Å²) in [5.74, 6) is 0. The summed E-state index contributed by atoms with van der Waals surface area (Å²) < 4.78 is 5.05. The summed E-state index contributed by atoms with van der Waals surface area (Å²) in [6.45, 7) is 6.97. The van der Waals surface area contributed by atoms with Crippen LogP contribution in [0.25, 0.3) is 0 Å². The molecule has 13 heavy (non-hydrogen) atoms. The predicted octanol–water partition coefficient (Wildman–Crippen LogP) is 1.07. The first kappa shape index (κ1) is 12.2. The van der Waals surface area contributed by atoms with Gasteiger partial charge in [0.2, 0.25) is 0 Å². The van der Waals surface area contributed by atoms with Crippen LogP contribution in [0, 0.1) is 0 Å². The van der Waals surface area contributed by atoms with Crippen molar-refractivity contribution in [3.63, 3.8) is 0 Å². The van der Waals surface area contributed by atoms with Crippen LogP contribution < -0.4 is 5.32 Å². The van der Waals surface area contributed by atoms with E-state index in [-0.39, 0.29) is 6.09 Å². The van der Waals surface area contributed by atoms with Gasteiger partial charge < -0.3 is 15.0 Å². The third-order valence-corrected chi connectivity index (χ3v) is 1.23. The van der Waals surface area contributed by atoms with Gasteiger partial charge in [-0.25, -0.2) is 4.79 Å². The number of alkyl carbamates (subject to hydrolysis) is 1. The minimum absolute atomic E-state index is 0.352. The number of rotatable bonds is 3. The van der Waals surface area contributed by atoms with Crippen molar-refractivity contribution in [2.75, 3.05) is 27.2 Å². The third-order valence-electron chi connectivity index (χ3n) is 1.23. The van der Waals surface area contributed by atoms with Crippen molar-refractivity contribution in [2.45, 2.75) is 26.4 Å². The topological polar surface area (TPSA) is 41.6 Å². The van der Waals surface area contributed by atoms with Gasteiger partial charge in [-0.15, -0.1) is 0 Å². The normalized spacial score (nSPS) is 11.5. The zero-order chi connectivity index (χ0) is 10.5. The van der Waals surface area contributed by atoms with Crippen LogP contribution in [0.4, 0.5) is 4.79 Å². The average molecular weight is 188 g/mol. The lowest BCUT2D eigenvalue weighted by Crippen LogP contribution is -2.36. The van der Waals surface area contributed by atoms with E-state index in [9.17, 15) is 4.79 Å². The number of nitrogens with zero attached hydrogens (tertiary/aromatic N) is 1. The Bertz CT molecular complexity index is 161. The van der Waals surface area contributed by atoms with Crippen molar-refractivity contribution >= 4 is 6.09 Å². The molecule has 0 aromatic heterocycles. The Morgan fingerprint density at radius 2 is 1.92 bits per heavy atom. The Labute approximate surface area is 80.2 Å². The van der Waals surface area contributed by atoms with Crippen molar-refractivity contribution in [1.29, 1.82) is 0 Å². The summed E-state index contributed by atoms with van der Waals surface area (Å²) in [7, 11) is 3.91. The first-order valence-electron chi connectivity index (χ1n) is 4.43.